The van der Waals surface area contributed by atoms with E-state index in [9.17, 15) is 0 Å². The molecule has 1 rings (SSSR count). The topological polar surface area (TPSA) is 61.7 Å². The van der Waals surface area contributed by atoms with Crippen molar-refractivity contribution in [1.82, 2.24) is 4.98 Å². The van der Waals surface area contributed by atoms with Crippen LogP contribution in [0.5, 0.6) is 0 Å². The van der Waals surface area contributed by atoms with Gasteiger partial charge in [-0.2, -0.15) is 0 Å². The average molecular weight is 212 g/mol. The minimum atomic E-state index is 0.529. The van der Waals surface area contributed by atoms with Crippen LogP contribution in [0.4, 0.5) is 0 Å². The molecule has 0 aliphatic rings. The number of nitrogens with zero attached hydrogens (tertiary/aromatic N) is 4. The molecule has 0 fully saturated rings. The maximum Gasteiger partial charge on any atom is 0.106 e. The molecule has 0 spiro atoms. The Morgan fingerprint density at radius 3 is 3.15 bits per heavy atom. The minimum Gasteiger partial charge on any atom is -0.249 e. The van der Waals surface area contributed by atoms with Gasteiger partial charge in [0.25, 0.3) is 0 Å². The highest BCUT2D eigenvalue weighted by molar-refractivity contribution is 8.76. The van der Waals surface area contributed by atoms with E-state index in [-0.39, 0.29) is 0 Å². The predicted molar refractivity (Wildman–Crippen MR) is 56.6 cm³/mol. The lowest BCUT2D eigenvalue weighted by Gasteiger charge is -1.96. The van der Waals surface area contributed by atoms with Crippen LogP contribution in [0.2, 0.25) is 0 Å². The van der Waals surface area contributed by atoms with E-state index >= 15 is 0 Å². The van der Waals surface area contributed by atoms with Crippen molar-refractivity contribution in [3.05, 3.63) is 34.8 Å². The molecule has 1 aromatic heterocycles. The van der Waals surface area contributed by atoms with Crippen molar-refractivity contribution in [1.29, 1.82) is 0 Å². The summed E-state index contributed by atoms with van der Waals surface area (Å²) in [7, 11) is 3.23. The van der Waals surface area contributed by atoms with Crippen LogP contribution < -0.4 is 0 Å². The fraction of sp³-hybridized carbons (Fsp3) is 0.286. The number of rotatable bonds is 5. The highest BCUT2D eigenvalue weighted by Gasteiger charge is 1.93. The lowest BCUT2D eigenvalue weighted by molar-refractivity contribution is 1.12. The Morgan fingerprint density at radius 2 is 2.46 bits per heavy atom. The van der Waals surface area contributed by atoms with E-state index in [0.29, 0.717) is 6.54 Å². The molecule has 0 N–H and O–H groups in total. The molecule has 0 saturated carbocycles. The van der Waals surface area contributed by atoms with E-state index in [1.54, 1.807) is 27.8 Å². The summed E-state index contributed by atoms with van der Waals surface area (Å²) in [6.45, 7) is 0.529. The maximum absolute atomic E-state index is 8.01. The third-order valence-corrected chi connectivity index (χ3v) is 3.37. The third-order valence-electron chi connectivity index (χ3n) is 1.12. The molecule has 6 heteroatoms. The van der Waals surface area contributed by atoms with Gasteiger partial charge in [-0.25, -0.2) is 4.98 Å². The molecule has 0 aromatic carbocycles. The SMILES string of the molecule is [N-]=[N+]=NCCSSc1ccccn1. The smallest absolute Gasteiger partial charge is 0.106 e. The van der Waals surface area contributed by atoms with Gasteiger partial charge in [0, 0.05) is 23.4 Å². The van der Waals surface area contributed by atoms with Gasteiger partial charge >= 0.3 is 0 Å². The van der Waals surface area contributed by atoms with Crippen LogP contribution in [-0.2, 0) is 0 Å². The molecule has 0 radical (unpaired) electrons. The van der Waals surface area contributed by atoms with Gasteiger partial charge in [0.15, 0.2) is 0 Å². The lowest BCUT2D eigenvalue weighted by Crippen LogP contribution is -1.80. The molecule has 68 valence electrons. The van der Waals surface area contributed by atoms with Crippen molar-refractivity contribution in [2.75, 3.05) is 12.3 Å². The van der Waals surface area contributed by atoms with Crippen molar-refractivity contribution in [3.8, 4) is 0 Å². The molecule has 13 heavy (non-hydrogen) atoms. The number of pyridine rings is 1. The zero-order chi connectivity index (χ0) is 9.36. The summed E-state index contributed by atoms with van der Waals surface area (Å²) in [4.78, 5) is 6.80. The maximum atomic E-state index is 8.01. The molecule has 0 saturated heterocycles. The van der Waals surface area contributed by atoms with Gasteiger partial charge in [-0.15, -0.1) is 0 Å². The Labute approximate surface area is 84.2 Å². The fourth-order valence-electron chi connectivity index (χ4n) is 0.621. The quantitative estimate of drug-likeness (QED) is 0.248. The fourth-order valence-corrected chi connectivity index (χ4v) is 2.35. The molecular weight excluding hydrogens is 204 g/mol. The molecule has 4 nitrogen and oxygen atoms in total. The van der Waals surface area contributed by atoms with Crippen molar-refractivity contribution in [2.24, 2.45) is 5.11 Å². The summed E-state index contributed by atoms with van der Waals surface area (Å²) >= 11 is 0. The summed E-state index contributed by atoms with van der Waals surface area (Å²) in [5.41, 5.74) is 8.01. The zero-order valence-electron chi connectivity index (χ0n) is 6.83. The van der Waals surface area contributed by atoms with Gasteiger partial charge in [-0.05, 0) is 28.5 Å². The second kappa shape index (κ2) is 6.65. The third kappa shape index (κ3) is 4.67. The van der Waals surface area contributed by atoms with Crippen LogP contribution in [0, 0.1) is 0 Å². The highest BCUT2D eigenvalue weighted by Crippen LogP contribution is 2.28. The molecule has 0 bridgehead atoms. The van der Waals surface area contributed by atoms with Crippen LogP contribution in [0.1, 0.15) is 0 Å². The van der Waals surface area contributed by atoms with Crippen molar-refractivity contribution in [3.63, 3.8) is 0 Å². The molecule has 0 unspecified atom stereocenters. The van der Waals surface area contributed by atoms with Gasteiger partial charge in [-0.1, -0.05) is 22.0 Å². The summed E-state index contributed by atoms with van der Waals surface area (Å²) in [5.74, 6) is 0.811. The Hall–Kier alpha value is -0.840. The first-order chi connectivity index (χ1) is 6.43. The zero-order valence-corrected chi connectivity index (χ0v) is 8.46. The molecular formula is C7H8N4S2. The van der Waals surface area contributed by atoms with Crippen LogP contribution in [0.25, 0.3) is 10.4 Å². The number of hydrogen-bond donors (Lipinski definition) is 0. The lowest BCUT2D eigenvalue weighted by atomic mass is 10.5. The Balaban J connectivity index is 2.17. The molecule has 0 amide bonds. The van der Waals surface area contributed by atoms with Crippen molar-refractivity contribution < 1.29 is 0 Å². The van der Waals surface area contributed by atoms with Gasteiger partial charge in [0.1, 0.15) is 5.03 Å². The normalized spacial score (nSPS) is 9.23. The number of azide groups is 1. The summed E-state index contributed by atoms with van der Waals surface area (Å²) in [6, 6.07) is 5.78. The highest BCUT2D eigenvalue weighted by atomic mass is 33.1. The first kappa shape index (κ1) is 10.2. The predicted octanol–water partition coefficient (Wildman–Crippen LogP) is 3.13. The van der Waals surface area contributed by atoms with E-state index < -0.39 is 0 Å². The van der Waals surface area contributed by atoms with Gasteiger partial charge in [0.05, 0.1) is 0 Å². The monoisotopic (exact) mass is 212 g/mol. The second-order valence-corrected chi connectivity index (χ2v) is 4.46. The number of hydrogen-bond acceptors (Lipinski definition) is 4. The van der Waals surface area contributed by atoms with E-state index in [0.717, 1.165) is 10.8 Å². The Bertz CT molecular complexity index is 284. The van der Waals surface area contributed by atoms with Crippen LogP contribution in [-0.4, -0.2) is 17.3 Å². The first-order valence-corrected chi connectivity index (χ1v) is 5.97. The molecule has 0 atom stereocenters. The number of aromatic nitrogens is 1. The van der Waals surface area contributed by atoms with E-state index in [4.69, 9.17) is 5.53 Å². The van der Waals surface area contributed by atoms with Crippen molar-refractivity contribution in [2.45, 2.75) is 5.03 Å². The summed E-state index contributed by atoms with van der Waals surface area (Å²) < 4.78 is 0. The second-order valence-electron chi connectivity index (χ2n) is 2.03. The summed E-state index contributed by atoms with van der Waals surface area (Å²) in [6.07, 6.45) is 1.76. The van der Waals surface area contributed by atoms with E-state index in [2.05, 4.69) is 15.0 Å². The van der Waals surface area contributed by atoms with Crippen LogP contribution in [0.3, 0.4) is 0 Å². The average Bonchev–Trinajstić information content (AvgIpc) is 2.19. The largest absolute Gasteiger partial charge is 0.249 e. The Kier molecular flexibility index (Phi) is 5.24. The van der Waals surface area contributed by atoms with E-state index in [1.165, 1.54) is 0 Å². The first-order valence-electron chi connectivity index (χ1n) is 3.65. The van der Waals surface area contributed by atoms with Crippen molar-refractivity contribution >= 4 is 21.6 Å². The molecule has 0 aliphatic heterocycles. The molecule has 0 aliphatic carbocycles. The molecule has 1 heterocycles. The Morgan fingerprint density at radius 1 is 1.54 bits per heavy atom. The van der Waals surface area contributed by atoms with Crippen LogP contribution >= 0.6 is 21.6 Å². The van der Waals surface area contributed by atoms with Crippen LogP contribution in [0.15, 0.2) is 34.5 Å². The van der Waals surface area contributed by atoms with Gasteiger partial charge in [-0.3, -0.25) is 0 Å². The summed E-state index contributed by atoms with van der Waals surface area (Å²) in [5, 5.41) is 4.41. The minimum absolute atomic E-state index is 0.529. The van der Waals surface area contributed by atoms with Gasteiger partial charge in [0.2, 0.25) is 0 Å². The van der Waals surface area contributed by atoms with E-state index in [1.807, 2.05) is 18.2 Å². The standard InChI is InChI=1S/C7H8N4S2/c8-11-10-5-6-12-13-7-3-1-2-4-9-7/h1-4H,5-6H2. The van der Waals surface area contributed by atoms with Gasteiger partial charge < -0.3 is 0 Å². The molecule has 1 aromatic rings.